The Morgan fingerprint density at radius 3 is 2.89 bits per heavy atom. The van der Waals surface area contributed by atoms with Crippen LogP contribution in [0.25, 0.3) is 0 Å². The summed E-state index contributed by atoms with van der Waals surface area (Å²) in [7, 11) is 0. The summed E-state index contributed by atoms with van der Waals surface area (Å²) >= 11 is 0. The van der Waals surface area contributed by atoms with Gasteiger partial charge in [-0.3, -0.25) is 0 Å². The molecule has 1 unspecified atom stereocenters. The van der Waals surface area contributed by atoms with Gasteiger partial charge in [0.1, 0.15) is 12.4 Å². The van der Waals surface area contributed by atoms with Crippen LogP contribution in [0.3, 0.4) is 0 Å². The van der Waals surface area contributed by atoms with E-state index in [0.717, 1.165) is 36.6 Å². The monoisotopic (exact) mass is 251 g/mol. The van der Waals surface area contributed by atoms with Crippen molar-refractivity contribution < 1.29 is 14.2 Å². The molecular weight excluding hydrogens is 230 g/mol. The normalized spacial score (nSPS) is 14.6. The molecule has 0 radical (unpaired) electrons. The Bertz CT molecular complexity index is 381. The third kappa shape index (κ3) is 3.29. The first kappa shape index (κ1) is 13.0. The lowest BCUT2D eigenvalue weighted by Gasteiger charge is -2.17. The van der Waals surface area contributed by atoms with Crippen molar-refractivity contribution >= 4 is 0 Å². The van der Waals surface area contributed by atoms with Gasteiger partial charge >= 0.3 is 0 Å². The number of hydrogen-bond acceptors (Lipinski definition) is 4. The van der Waals surface area contributed by atoms with Crippen molar-refractivity contribution in [2.45, 2.75) is 32.7 Å². The van der Waals surface area contributed by atoms with E-state index in [1.54, 1.807) is 0 Å². The highest BCUT2D eigenvalue weighted by molar-refractivity contribution is 5.46. The van der Waals surface area contributed by atoms with Crippen molar-refractivity contribution in [3.8, 4) is 17.2 Å². The molecule has 0 aliphatic carbocycles. The number of benzene rings is 1. The van der Waals surface area contributed by atoms with Crippen LogP contribution in [0.15, 0.2) is 18.2 Å². The zero-order chi connectivity index (χ0) is 12.8. The highest BCUT2D eigenvalue weighted by Crippen LogP contribution is 2.35. The van der Waals surface area contributed by atoms with Crippen molar-refractivity contribution in [1.29, 1.82) is 0 Å². The molecule has 1 N–H and O–H groups in total. The Hall–Kier alpha value is -1.42. The number of rotatable bonds is 7. The van der Waals surface area contributed by atoms with Gasteiger partial charge in [-0.1, -0.05) is 13.8 Å². The van der Waals surface area contributed by atoms with Gasteiger partial charge in [-0.2, -0.15) is 0 Å². The van der Waals surface area contributed by atoms with E-state index in [9.17, 15) is 0 Å². The highest BCUT2D eigenvalue weighted by atomic mass is 16.7. The summed E-state index contributed by atoms with van der Waals surface area (Å²) in [4.78, 5) is 0. The maximum atomic E-state index is 5.78. The topological polar surface area (TPSA) is 39.7 Å². The van der Waals surface area contributed by atoms with Crippen LogP contribution >= 0.6 is 0 Å². The maximum Gasteiger partial charge on any atom is 0.231 e. The van der Waals surface area contributed by atoms with E-state index in [4.69, 9.17) is 14.2 Å². The molecule has 0 bridgehead atoms. The van der Waals surface area contributed by atoms with Crippen molar-refractivity contribution in [2.24, 2.45) is 0 Å². The second kappa shape index (κ2) is 6.50. The van der Waals surface area contributed by atoms with E-state index in [1.807, 2.05) is 18.2 Å². The molecule has 4 nitrogen and oxygen atoms in total. The molecule has 0 saturated heterocycles. The molecule has 100 valence electrons. The third-order valence-corrected chi connectivity index (χ3v) is 2.97. The van der Waals surface area contributed by atoms with Crippen LogP contribution in [0.2, 0.25) is 0 Å². The molecule has 18 heavy (non-hydrogen) atoms. The number of nitrogens with one attached hydrogen (secondary N) is 1. The van der Waals surface area contributed by atoms with Crippen LogP contribution in [0.1, 0.15) is 26.7 Å². The SMILES string of the molecule is CCCNC(CC)COc1ccc2c(c1)OCO2. The molecule has 2 rings (SSSR count). The number of ether oxygens (including phenoxy) is 3. The first-order valence-corrected chi connectivity index (χ1v) is 6.59. The zero-order valence-electron chi connectivity index (χ0n) is 11.1. The average Bonchev–Trinajstić information content (AvgIpc) is 2.86. The Labute approximate surface area is 108 Å². The van der Waals surface area contributed by atoms with E-state index in [2.05, 4.69) is 19.2 Å². The molecule has 0 saturated carbocycles. The molecule has 1 aromatic rings. The van der Waals surface area contributed by atoms with Crippen molar-refractivity contribution in [3.63, 3.8) is 0 Å². The van der Waals surface area contributed by atoms with Gasteiger partial charge in [-0.25, -0.2) is 0 Å². The molecule has 0 fully saturated rings. The van der Waals surface area contributed by atoms with Crippen LogP contribution in [-0.2, 0) is 0 Å². The van der Waals surface area contributed by atoms with Gasteiger partial charge in [0.15, 0.2) is 11.5 Å². The average molecular weight is 251 g/mol. The van der Waals surface area contributed by atoms with E-state index in [1.165, 1.54) is 0 Å². The van der Waals surface area contributed by atoms with Crippen LogP contribution < -0.4 is 19.5 Å². The van der Waals surface area contributed by atoms with E-state index in [-0.39, 0.29) is 0 Å². The minimum Gasteiger partial charge on any atom is -0.492 e. The van der Waals surface area contributed by atoms with Crippen LogP contribution in [0.4, 0.5) is 0 Å². The van der Waals surface area contributed by atoms with Gasteiger partial charge in [-0.05, 0) is 31.5 Å². The predicted octanol–water partition coefficient (Wildman–Crippen LogP) is 2.57. The standard InChI is InChI=1S/C14H21NO3/c1-3-7-15-11(4-2)9-16-12-5-6-13-14(8-12)18-10-17-13/h5-6,8,11,15H,3-4,7,9-10H2,1-2H3. The molecular formula is C14H21NO3. The summed E-state index contributed by atoms with van der Waals surface area (Å²) in [6.07, 6.45) is 2.20. The molecule has 1 aromatic carbocycles. The number of fused-ring (bicyclic) bond motifs is 1. The lowest BCUT2D eigenvalue weighted by molar-refractivity contribution is 0.173. The molecule has 1 heterocycles. The van der Waals surface area contributed by atoms with Crippen molar-refractivity contribution in [1.82, 2.24) is 5.32 Å². The van der Waals surface area contributed by atoms with Crippen LogP contribution in [0, 0.1) is 0 Å². The summed E-state index contributed by atoms with van der Waals surface area (Å²) < 4.78 is 16.4. The van der Waals surface area contributed by atoms with Crippen LogP contribution in [0.5, 0.6) is 17.2 Å². The lowest BCUT2D eigenvalue weighted by atomic mass is 10.2. The summed E-state index contributed by atoms with van der Waals surface area (Å²) in [5.74, 6) is 2.39. The molecule has 1 aliphatic heterocycles. The molecule has 0 amide bonds. The fraction of sp³-hybridized carbons (Fsp3) is 0.571. The van der Waals surface area contributed by atoms with Gasteiger partial charge in [0.2, 0.25) is 6.79 Å². The third-order valence-electron chi connectivity index (χ3n) is 2.97. The van der Waals surface area contributed by atoms with Gasteiger partial charge in [0, 0.05) is 12.1 Å². The second-order valence-corrected chi connectivity index (χ2v) is 4.39. The smallest absolute Gasteiger partial charge is 0.231 e. The molecule has 4 heteroatoms. The summed E-state index contributed by atoms with van der Waals surface area (Å²) in [6, 6.07) is 6.09. The second-order valence-electron chi connectivity index (χ2n) is 4.39. The minimum absolute atomic E-state index is 0.300. The van der Waals surface area contributed by atoms with Crippen molar-refractivity contribution in [2.75, 3.05) is 19.9 Å². The first-order chi connectivity index (χ1) is 8.83. The summed E-state index contributed by atoms with van der Waals surface area (Å²) in [6.45, 7) is 6.34. The van der Waals surface area contributed by atoms with E-state index < -0.39 is 0 Å². The Morgan fingerprint density at radius 1 is 1.28 bits per heavy atom. The van der Waals surface area contributed by atoms with E-state index >= 15 is 0 Å². The van der Waals surface area contributed by atoms with Crippen molar-refractivity contribution in [3.05, 3.63) is 18.2 Å². The molecule has 1 atom stereocenters. The molecule has 0 aromatic heterocycles. The number of hydrogen-bond donors (Lipinski definition) is 1. The largest absolute Gasteiger partial charge is 0.492 e. The van der Waals surface area contributed by atoms with E-state index in [0.29, 0.717) is 19.4 Å². The van der Waals surface area contributed by atoms with Gasteiger partial charge in [0.25, 0.3) is 0 Å². The molecule has 0 spiro atoms. The fourth-order valence-electron chi connectivity index (χ4n) is 1.83. The Kier molecular flexibility index (Phi) is 4.70. The minimum atomic E-state index is 0.300. The van der Waals surface area contributed by atoms with Gasteiger partial charge in [-0.15, -0.1) is 0 Å². The Balaban J connectivity index is 1.85. The molecule has 1 aliphatic rings. The maximum absolute atomic E-state index is 5.78. The van der Waals surface area contributed by atoms with Crippen LogP contribution in [-0.4, -0.2) is 26.0 Å². The van der Waals surface area contributed by atoms with Gasteiger partial charge < -0.3 is 19.5 Å². The quantitative estimate of drug-likeness (QED) is 0.808. The zero-order valence-corrected chi connectivity index (χ0v) is 11.1. The van der Waals surface area contributed by atoms with Gasteiger partial charge in [0.05, 0.1) is 0 Å². The summed E-state index contributed by atoms with van der Waals surface area (Å²) in [5.41, 5.74) is 0. The Morgan fingerprint density at radius 2 is 2.11 bits per heavy atom. The summed E-state index contributed by atoms with van der Waals surface area (Å²) in [5, 5.41) is 3.46. The lowest BCUT2D eigenvalue weighted by Crippen LogP contribution is -2.34. The highest BCUT2D eigenvalue weighted by Gasteiger charge is 2.14. The first-order valence-electron chi connectivity index (χ1n) is 6.59. The fourth-order valence-corrected chi connectivity index (χ4v) is 1.83. The predicted molar refractivity (Wildman–Crippen MR) is 70.4 cm³/mol.